The molecule has 0 aromatic heterocycles. The molecule has 0 aromatic rings. The van der Waals surface area contributed by atoms with E-state index in [2.05, 4.69) is 14.0 Å². The Bertz CT molecular complexity index is 425. The van der Waals surface area contributed by atoms with Crippen LogP contribution in [0.3, 0.4) is 0 Å². The first-order valence-corrected chi connectivity index (χ1v) is 7.71. The number of amides is 2. The van der Waals surface area contributed by atoms with E-state index in [9.17, 15) is 19.0 Å². The van der Waals surface area contributed by atoms with Crippen molar-refractivity contribution in [2.45, 2.75) is 6.10 Å². The molecule has 0 aliphatic heterocycles. The van der Waals surface area contributed by atoms with E-state index in [1.165, 1.54) is 0 Å². The molecule has 0 aliphatic rings. The predicted octanol–water partition coefficient (Wildman–Crippen LogP) is -0.615. The van der Waals surface area contributed by atoms with Gasteiger partial charge in [0.05, 0.1) is 27.7 Å². The fourth-order valence-electron chi connectivity index (χ4n) is 1.10. The lowest BCUT2D eigenvalue weighted by atomic mass is 10.4. The maximum atomic E-state index is 11.6. The van der Waals surface area contributed by atoms with Gasteiger partial charge in [0.1, 0.15) is 19.8 Å². The second kappa shape index (κ2) is 8.91. The highest BCUT2D eigenvalue weighted by atomic mass is 31.2. The molecule has 0 bridgehead atoms. The molecule has 22 heavy (non-hydrogen) atoms. The lowest BCUT2D eigenvalue weighted by molar-refractivity contribution is -0.870. The zero-order valence-corrected chi connectivity index (χ0v) is 13.7. The summed E-state index contributed by atoms with van der Waals surface area (Å²) in [5.74, 6) is 0. The fourth-order valence-corrected chi connectivity index (χ4v) is 1.84. The molecule has 2 unspecified atom stereocenters. The number of phosphoric acid groups is 1. The highest BCUT2D eigenvalue weighted by molar-refractivity contribution is 7.47. The van der Waals surface area contributed by atoms with Crippen molar-refractivity contribution >= 4 is 20.0 Å². The first-order chi connectivity index (χ1) is 9.91. The Morgan fingerprint density at radius 2 is 1.73 bits per heavy atom. The van der Waals surface area contributed by atoms with E-state index in [1.807, 2.05) is 21.1 Å². The van der Waals surface area contributed by atoms with Crippen molar-refractivity contribution in [3.05, 3.63) is 0 Å². The Hall–Kier alpha value is -1.39. The summed E-state index contributed by atoms with van der Waals surface area (Å²) in [4.78, 5) is 30.6. The van der Waals surface area contributed by atoms with Crippen LogP contribution in [-0.4, -0.2) is 75.2 Å². The minimum atomic E-state index is -4.34. The van der Waals surface area contributed by atoms with Crippen LogP contribution in [0.25, 0.3) is 0 Å². The summed E-state index contributed by atoms with van der Waals surface area (Å²) in [7, 11) is 1.30. The largest absolute Gasteiger partial charge is 0.472 e. The van der Waals surface area contributed by atoms with E-state index in [0.717, 1.165) is 0 Å². The lowest BCUT2D eigenvalue weighted by Crippen LogP contribution is -2.37. The molecule has 2 atom stereocenters. The van der Waals surface area contributed by atoms with Crippen molar-refractivity contribution < 1.29 is 42.1 Å². The third-order valence-corrected chi connectivity index (χ3v) is 3.12. The molecule has 0 saturated heterocycles. The second-order valence-corrected chi connectivity index (χ2v) is 6.75. The first-order valence-electron chi connectivity index (χ1n) is 6.22. The first kappa shape index (κ1) is 20.6. The number of carbonyl (C=O) groups is 2. The summed E-state index contributed by atoms with van der Waals surface area (Å²) in [5.41, 5.74) is 9.57. The van der Waals surface area contributed by atoms with Gasteiger partial charge in [0.15, 0.2) is 6.10 Å². The number of rotatable bonds is 10. The third-order valence-electron chi connectivity index (χ3n) is 2.13. The van der Waals surface area contributed by atoms with E-state index >= 15 is 0 Å². The standard InChI is InChI=1S/C10H22N3O8P/c1-13(2,3)4-5-19-22(16,17)20-7-8(21-10(12)15)6-18-9(11)14/h8H,4-7H2,1-3H3,(H4-,11,12,14,15,16,17)/p+1. The molecule has 130 valence electrons. The molecule has 12 heteroatoms. The van der Waals surface area contributed by atoms with Gasteiger partial charge in [-0.25, -0.2) is 14.2 Å². The summed E-state index contributed by atoms with van der Waals surface area (Å²) in [6.45, 7) is -0.582. The van der Waals surface area contributed by atoms with Crippen molar-refractivity contribution in [1.82, 2.24) is 0 Å². The molecule has 5 N–H and O–H groups in total. The molecule has 0 aromatic carbocycles. The van der Waals surface area contributed by atoms with Gasteiger partial charge >= 0.3 is 20.0 Å². The number of phosphoric ester groups is 1. The number of nitrogens with zero attached hydrogens (tertiary/aromatic N) is 1. The molecule has 0 saturated carbocycles. The van der Waals surface area contributed by atoms with Crippen molar-refractivity contribution in [3.8, 4) is 0 Å². The van der Waals surface area contributed by atoms with Gasteiger partial charge in [-0.2, -0.15) is 0 Å². The highest BCUT2D eigenvalue weighted by Gasteiger charge is 2.26. The number of quaternary nitrogens is 1. The number of ether oxygens (including phenoxy) is 2. The average Bonchev–Trinajstić information content (AvgIpc) is 2.30. The number of likely N-dealkylation sites (N-methyl/N-ethyl adjacent to an activating group) is 1. The van der Waals surface area contributed by atoms with E-state index in [-0.39, 0.29) is 6.61 Å². The van der Waals surface area contributed by atoms with Gasteiger partial charge in [0.2, 0.25) is 0 Å². The summed E-state index contributed by atoms with van der Waals surface area (Å²) in [5, 5.41) is 0. The molecule has 11 nitrogen and oxygen atoms in total. The molecule has 0 aliphatic carbocycles. The van der Waals surface area contributed by atoms with Crippen LogP contribution in [-0.2, 0) is 23.1 Å². The molecule has 0 radical (unpaired) electrons. The van der Waals surface area contributed by atoms with E-state index in [0.29, 0.717) is 11.0 Å². The van der Waals surface area contributed by atoms with Crippen LogP contribution in [0.2, 0.25) is 0 Å². The zero-order valence-electron chi connectivity index (χ0n) is 12.8. The Labute approximate surface area is 128 Å². The van der Waals surface area contributed by atoms with Crippen molar-refractivity contribution in [2.24, 2.45) is 11.5 Å². The Balaban J connectivity index is 4.32. The average molecular weight is 344 g/mol. The van der Waals surface area contributed by atoms with Crippen LogP contribution in [0.4, 0.5) is 9.59 Å². The van der Waals surface area contributed by atoms with Crippen molar-refractivity contribution in [2.75, 3.05) is 47.5 Å². The highest BCUT2D eigenvalue weighted by Crippen LogP contribution is 2.43. The quantitative estimate of drug-likeness (QED) is 0.349. The number of hydrogen-bond acceptors (Lipinski definition) is 7. The molecule has 0 fully saturated rings. The molecule has 0 spiro atoms. The van der Waals surface area contributed by atoms with Gasteiger partial charge in [0, 0.05) is 0 Å². The van der Waals surface area contributed by atoms with Gasteiger partial charge in [0.25, 0.3) is 0 Å². The fraction of sp³-hybridized carbons (Fsp3) is 0.800. The number of primary amides is 2. The Kier molecular flexibility index (Phi) is 8.35. The Morgan fingerprint density at radius 1 is 1.14 bits per heavy atom. The molecule has 0 rings (SSSR count). The summed E-state index contributed by atoms with van der Waals surface area (Å²) in [6, 6.07) is 0. The summed E-state index contributed by atoms with van der Waals surface area (Å²) < 4.78 is 30.5. The third kappa shape index (κ3) is 12.4. The second-order valence-electron chi connectivity index (χ2n) is 5.30. The van der Waals surface area contributed by atoms with Gasteiger partial charge in [-0.3, -0.25) is 9.05 Å². The van der Waals surface area contributed by atoms with Crippen LogP contribution >= 0.6 is 7.82 Å². The minimum absolute atomic E-state index is 0.0175. The molecule has 0 heterocycles. The topological polar surface area (TPSA) is 160 Å². The van der Waals surface area contributed by atoms with E-state index < -0.39 is 39.3 Å². The zero-order chi connectivity index (χ0) is 17.4. The minimum Gasteiger partial charge on any atom is -0.446 e. The predicted molar refractivity (Wildman–Crippen MR) is 74.6 cm³/mol. The monoisotopic (exact) mass is 344 g/mol. The Morgan fingerprint density at radius 3 is 2.18 bits per heavy atom. The summed E-state index contributed by atoms with van der Waals surface area (Å²) in [6.07, 6.45) is -3.46. The normalized spacial score (nSPS) is 15.6. The maximum Gasteiger partial charge on any atom is 0.472 e. The van der Waals surface area contributed by atoms with E-state index in [1.54, 1.807) is 0 Å². The van der Waals surface area contributed by atoms with Crippen molar-refractivity contribution in [3.63, 3.8) is 0 Å². The maximum absolute atomic E-state index is 11.6. The van der Waals surface area contributed by atoms with Gasteiger partial charge in [-0.05, 0) is 0 Å². The SMILES string of the molecule is C[N+](C)(C)CCOP(=O)(O)OCC(COC(N)=O)OC(N)=O. The van der Waals surface area contributed by atoms with Gasteiger partial charge in [-0.1, -0.05) is 0 Å². The smallest absolute Gasteiger partial charge is 0.446 e. The van der Waals surface area contributed by atoms with Gasteiger partial charge < -0.3 is 30.3 Å². The molecule has 2 amide bonds. The molecular weight excluding hydrogens is 321 g/mol. The number of carbonyl (C=O) groups excluding carboxylic acids is 2. The van der Waals surface area contributed by atoms with Crippen LogP contribution in [0.15, 0.2) is 0 Å². The van der Waals surface area contributed by atoms with Crippen LogP contribution < -0.4 is 11.5 Å². The van der Waals surface area contributed by atoms with Crippen LogP contribution in [0.1, 0.15) is 0 Å². The van der Waals surface area contributed by atoms with E-state index in [4.69, 9.17) is 16.0 Å². The summed E-state index contributed by atoms with van der Waals surface area (Å²) >= 11 is 0. The van der Waals surface area contributed by atoms with Crippen molar-refractivity contribution in [1.29, 1.82) is 0 Å². The van der Waals surface area contributed by atoms with Gasteiger partial charge in [-0.15, -0.1) is 0 Å². The number of nitrogens with two attached hydrogens (primary N) is 2. The van der Waals surface area contributed by atoms with Crippen LogP contribution in [0, 0.1) is 0 Å². The number of hydrogen-bond donors (Lipinski definition) is 3. The molecular formula is C10H23N3O8P+. The van der Waals surface area contributed by atoms with Crippen LogP contribution in [0.5, 0.6) is 0 Å². The lowest BCUT2D eigenvalue weighted by Gasteiger charge is -2.24.